The average molecular weight is 229 g/mol. The largest absolute Gasteiger partial charge is 0.319 e. The Kier molecular flexibility index (Phi) is 2.37. The second-order valence-electron chi connectivity index (χ2n) is 5.78. The fraction of sp³-hybridized carbons (Fsp3) is 0.533. The first kappa shape index (κ1) is 11.0. The first-order chi connectivity index (χ1) is 8.09. The normalized spacial score (nSPS) is 25.6. The maximum atomic E-state index is 12.2. The predicted octanol–water partition coefficient (Wildman–Crippen LogP) is 2.41. The molecule has 3 rings (SSSR count). The lowest BCUT2D eigenvalue weighted by Gasteiger charge is -2.32. The van der Waals surface area contributed by atoms with Gasteiger partial charge in [0.15, 0.2) is 5.78 Å². The Morgan fingerprint density at radius 3 is 2.76 bits per heavy atom. The number of benzene rings is 1. The van der Waals surface area contributed by atoms with Gasteiger partial charge in [0.05, 0.1) is 5.54 Å². The molecule has 0 radical (unpaired) electrons. The fourth-order valence-corrected chi connectivity index (χ4v) is 2.90. The summed E-state index contributed by atoms with van der Waals surface area (Å²) in [5, 5.41) is 0. The van der Waals surface area contributed by atoms with Gasteiger partial charge in [-0.15, -0.1) is 0 Å². The lowest BCUT2D eigenvalue weighted by Crippen LogP contribution is -2.48. The van der Waals surface area contributed by atoms with Gasteiger partial charge in [-0.1, -0.05) is 24.3 Å². The van der Waals surface area contributed by atoms with Crippen molar-refractivity contribution in [2.45, 2.75) is 44.1 Å². The molecule has 2 aliphatic rings. The zero-order valence-corrected chi connectivity index (χ0v) is 10.3. The van der Waals surface area contributed by atoms with Crippen molar-refractivity contribution < 1.29 is 4.79 Å². The SMILES string of the molecule is CC(N)(C(=O)CC1Cc2ccccc21)C1CC1. The van der Waals surface area contributed by atoms with Crippen molar-refractivity contribution in [2.75, 3.05) is 0 Å². The molecule has 2 heteroatoms. The van der Waals surface area contributed by atoms with Crippen molar-refractivity contribution in [3.63, 3.8) is 0 Å². The summed E-state index contributed by atoms with van der Waals surface area (Å²) in [5.74, 6) is 1.10. The first-order valence-electron chi connectivity index (χ1n) is 6.49. The van der Waals surface area contributed by atoms with Crippen LogP contribution in [0.25, 0.3) is 0 Å². The molecule has 0 bridgehead atoms. The highest BCUT2D eigenvalue weighted by Crippen LogP contribution is 2.42. The molecule has 0 aliphatic heterocycles. The van der Waals surface area contributed by atoms with Crippen LogP contribution < -0.4 is 5.73 Å². The lowest BCUT2D eigenvalue weighted by molar-refractivity contribution is -0.124. The summed E-state index contributed by atoms with van der Waals surface area (Å²) in [6.07, 6.45) is 3.92. The third kappa shape index (κ3) is 1.81. The van der Waals surface area contributed by atoms with Gasteiger partial charge in [-0.3, -0.25) is 4.79 Å². The highest BCUT2D eigenvalue weighted by molar-refractivity contribution is 5.89. The van der Waals surface area contributed by atoms with Crippen LogP contribution in [0, 0.1) is 5.92 Å². The van der Waals surface area contributed by atoms with E-state index in [0.29, 0.717) is 18.3 Å². The summed E-state index contributed by atoms with van der Waals surface area (Å²) in [5.41, 5.74) is 8.34. The molecule has 2 N–H and O–H groups in total. The molecule has 2 nitrogen and oxygen atoms in total. The number of hydrogen-bond donors (Lipinski definition) is 1. The van der Waals surface area contributed by atoms with E-state index in [4.69, 9.17) is 5.73 Å². The molecule has 0 saturated heterocycles. The highest BCUT2D eigenvalue weighted by Gasteiger charge is 2.44. The number of nitrogens with two attached hydrogens (primary N) is 1. The topological polar surface area (TPSA) is 43.1 Å². The van der Waals surface area contributed by atoms with Crippen molar-refractivity contribution in [3.05, 3.63) is 35.4 Å². The van der Waals surface area contributed by atoms with Crippen LogP contribution >= 0.6 is 0 Å². The number of carbonyl (C=O) groups is 1. The second kappa shape index (κ2) is 3.67. The highest BCUT2D eigenvalue weighted by atomic mass is 16.1. The van der Waals surface area contributed by atoms with Crippen molar-refractivity contribution in [1.82, 2.24) is 0 Å². The number of carbonyl (C=O) groups excluding carboxylic acids is 1. The van der Waals surface area contributed by atoms with Crippen LogP contribution in [0.4, 0.5) is 0 Å². The number of fused-ring (bicyclic) bond motifs is 1. The first-order valence-corrected chi connectivity index (χ1v) is 6.49. The minimum atomic E-state index is -0.579. The van der Waals surface area contributed by atoms with E-state index in [9.17, 15) is 4.79 Å². The number of ketones is 1. The van der Waals surface area contributed by atoms with Gasteiger partial charge in [0.25, 0.3) is 0 Å². The van der Waals surface area contributed by atoms with Crippen LogP contribution in [0.1, 0.15) is 43.2 Å². The quantitative estimate of drug-likeness (QED) is 0.861. The molecule has 0 spiro atoms. The molecule has 2 atom stereocenters. The molecular weight excluding hydrogens is 210 g/mol. The molecule has 1 aromatic rings. The van der Waals surface area contributed by atoms with Crippen LogP contribution in [0.5, 0.6) is 0 Å². The predicted molar refractivity (Wildman–Crippen MR) is 67.8 cm³/mol. The van der Waals surface area contributed by atoms with Gasteiger partial charge >= 0.3 is 0 Å². The van der Waals surface area contributed by atoms with E-state index in [2.05, 4.69) is 24.3 Å². The molecule has 0 aromatic heterocycles. The third-order valence-electron chi connectivity index (χ3n) is 4.42. The Hall–Kier alpha value is -1.15. The molecule has 2 unspecified atom stereocenters. The number of Topliss-reactive ketones (excluding diaryl/α,β-unsaturated/α-hetero) is 1. The Balaban J connectivity index is 1.68. The van der Waals surface area contributed by atoms with Crippen molar-refractivity contribution in [1.29, 1.82) is 0 Å². The minimum absolute atomic E-state index is 0.250. The lowest BCUT2D eigenvalue weighted by atomic mass is 9.73. The summed E-state index contributed by atoms with van der Waals surface area (Å²) >= 11 is 0. The molecular formula is C15H19NO. The third-order valence-corrected chi connectivity index (χ3v) is 4.42. The Bertz CT molecular complexity index is 460. The van der Waals surface area contributed by atoms with Crippen LogP contribution in [0.15, 0.2) is 24.3 Å². The molecule has 0 heterocycles. The van der Waals surface area contributed by atoms with E-state index in [0.717, 1.165) is 19.3 Å². The van der Waals surface area contributed by atoms with E-state index in [1.165, 1.54) is 11.1 Å². The van der Waals surface area contributed by atoms with Crippen LogP contribution in [0.3, 0.4) is 0 Å². The number of hydrogen-bond acceptors (Lipinski definition) is 2. The Morgan fingerprint density at radius 2 is 2.12 bits per heavy atom. The van der Waals surface area contributed by atoms with Gasteiger partial charge in [-0.05, 0) is 49.1 Å². The monoisotopic (exact) mass is 229 g/mol. The van der Waals surface area contributed by atoms with Crippen LogP contribution in [0.2, 0.25) is 0 Å². The van der Waals surface area contributed by atoms with Crippen LogP contribution in [-0.2, 0) is 11.2 Å². The number of rotatable bonds is 4. The van der Waals surface area contributed by atoms with Gasteiger partial charge in [0, 0.05) is 6.42 Å². The van der Waals surface area contributed by atoms with Gasteiger partial charge < -0.3 is 5.73 Å². The van der Waals surface area contributed by atoms with E-state index in [1.807, 2.05) is 6.92 Å². The average Bonchev–Trinajstić information content (AvgIpc) is 3.09. The zero-order valence-electron chi connectivity index (χ0n) is 10.3. The molecule has 17 heavy (non-hydrogen) atoms. The summed E-state index contributed by atoms with van der Waals surface area (Å²) in [6.45, 7) is 1.91. The van der Waals surface area contributed by atoms with E-state index in [-0.39, 0.29) is 5.78 Å². The Morgan fingerprint density at radius 1 is 1.41 bits per heavy atom. The zero-order chi connectivity index (χ0) is 12.0. The van der Waals surface area contributed by atoms with Gasteiger partial charge in [0.2, 0.25) is 0 Å². The molecule has 1 saturated carbocycles. The molecule has 0 amide bonds. The fourth-order valence-electron chi connectivity index (χ4n) is 2.90. The maximum Gasteiger partial charge on any atom is 0.153 e. The summed E-state index contributed by atoms with van der Waals surface area (Å²) in [7, 11) is 0. The maximum absolute atomic E-state index is 12.2. The van der Waals surface area contributed by atoms with E-state index >= 15 is 0 Å². The van der Waals surface area contributed by atoms with Crippen molar-refractivity contribution in [3.8, 4) is 0 Å². The van der Waals surface area contributed by atoms with Crippen molar-refractivity contribution in [2.24, 2.45) is 11.7 Å². The summed E-state index contributed by atoms with van der Waals surface area (Å²) in [6, 6.07) is 8.41. The summed E-state index contributed by atoms with van der Waals surface area (Å²) < 4.78 is 0. The van der Waals surface area contributed by atoms with Gasteiger partial charge in [0.1, 0.15) is 0 Å². The standard InChI is InChI=1S/C15H19NO/c1-15(16,12-6-7-12)14(17)9-11-8-10-4-2-3-5-13(10)11/h2-5,11-12H,6-9,16H2,1H3. The summed E-state index contributed by atoms with van der Waals surface area (Å²) in [4.78, 5) is 12.2. The molecule has 2 aliphatic carbocycles. The Labute approximate surface area is 102 Å². The van der Waals surface area contributed by atoms with Crippen LogP contribution in [-0.4, -0.2) is 11.3 Å². The smallest absolute Gasteiger partial charge is 0.153 e. The van der Waals surface area contributed by atoms with E-state index in [1.54, 1.807) is 0 Å². The molecule has 1 fully saturated rings. The van der Waals surface area contributed by atoms with E-state index < -0.39 is 5.54 Å². The molecule has 90 valence electrons. The molecule has 1 aromatic carbocycles. The minimum Gasteiger partial charge on any atom is -0.319 e. The second-order valence-corrected chi connectivity index (χ2v) is 5.78. The van der Waals surface area contributed by atoms with Crippen molar-refractivity contribution >= 4 is 5.78 Å². The van der Waals surface area contributed by atoms with Gasteiger partial charge in [-0.2, -0.15) is 0 Å². The van der Waals surface area contributed by atoms with Gasteiger partial charge in [-0.25, -0.2) is 0 Å².